The fourth-order valence-corrected chi connectivity index (χ4v) is 6.61. The standard InChI is InChI=1S/C34H47F2N3O3S/c1-4-5-21-41-28-15-12-26(13-16-28)34(35,36)32(33(40)38-27-14-11-24(2)31(37)22-27)39(3)43-30-19-17-29(18-20-30)42-23-25-9-7-6-8-10-25/h12-13,15-20,24-25,31-32H,4-11,14,21-23,37H2,1-3H3. The molecule has 3 unspecified atom stereocenters. The molecule has 9 heteroatoms. The van der Waals surface area contributed by atoms with Gasteiger partial charge in [-0.2, -0.15) is 8.78 Å². The summed E-state index contributed by atoms with van der Waals surface area (Å²) in [5.74, 6) is -2.22. The van der Waals surface area contributed by atoms with Crippen molar-refractivity contribution < 1.29 is 23.0 Å². The van der Waals surface area contributed by atoms with Crippen LogP contribution >= 0.6 is 11.9 Å². The molecule has 2 N–H and O–H groups in total. The van der Waals surface area contributed by atoms with E-state index in [1.807, 2.05) is 24.3 Å². The maximum absolute atomic E-state index is 16.3. The minimum Gasteiger partial charge on any atom is -0.494 e. The molecule has 2 aromatic rings. The molecule has 1 amide bonds. The summed E-state index contributed by atoms with van der Waals surface area (Å²) in [4.78, 5) is 18.5. The Bertz CT molecular complexity index is 1190. The Kier molecular flexibility index (Phi) is 12.4. The lowest BCUT2D eigenvalue weighted by atomic mass is 9.85. The van der Waals surface area contributed by atoms with Gasteiger partial charge in [-0.15, -0.1) is 0 Å². The van der Waals surface area contributed by atoms with Crippen LogP contribution in [0.5, 0.6) is 11.5 Å². The van der Waals surface area contributed by atoms with Gasteiger partial charge in [0.1, 0.15) is 11.5 Å². The van der Waals surface area contributed by atoms with E-state index >= 15 is 8.78 Å². The molecule has 43 heavy (non-hydrogen) atoms. The van der Waals surface area contributed by atoms with Crippen molar-refractivity contribution in [3.63, 3.8) is 0 Å². The molecule has 0 saturated heterocycles. The van der Waals surface area contributed by atoms with Gasteiger partial charge in [0, 0.05) is 28.6 Å². The van der Waals surface area contributed by atoms with Crippen LogP contribution in [0.2, 0.25) is 0 Å². The molecule has 0 heterocycles. The summed E-state index contributed by atoms with van der Waals surface area (Å²) in [7, 11) is 1.52. The molecule has 3 atom stereocenters. The molecule has 0 aliphatic heterocycles. The van der Waals surface area contributed by atoms with Gasteiger partial charge in [-0.3, -0.25) is 4.79 Å². The van der Waals surface area contributed by atoms with Crippen molar-refractivity contribution in [3.05, 3.63) is 54.1 Å². The van der Waals surface area contributed by atoms with E-state index in [0.717, 1.165) is 41.9 Å². The summed E-state index contributed by atoms with van der Waals surface area (Å²) < 4.78 is 45.5. The number of likely N-dealkylation sites (N-methyl/N-ethyl adjacent to an activating group) is 1. The summed E-state index contributed by atoms with van der Waals surface area (Å²) in [5.41, 5.74) is 6.55. The lowest BCUT2D eigenvalue weighted by Crippen LogP contribution is -2.47. The Morgan fingerprint density at radius 3 is 2.35 bits per heavy atom. The topological polar surface area (TPSA) is 77.1 Å². The highest BCUT2D eigenvalue weighted by atomic mass is 32.2. The monoisotopic (exact) mass is 615 g/mol. The molecule has 6 nitrogen and oxygen atoms in total. The summed E-state index contributed by atoms with van der Waals surface area (Å²) in [6, 6.07) is 11.2. The first kappa shape index (κ1) is 33.4. The summed E-state index contributed by atoms with van der Waals surface area (Å²) in [6.45, 7) is 5.34. The van der Waals surface area contributed by atoms with Gasteiger partial charge in [-0.1, -0.05) is 39.5 Å². The average Bonchev–Trinajstić information content (AvgIpc) is 2.99. The van der Waals surface area contributed by atoms with Crippen LogP contribution in [0, 0.1) is 11.8 Å². The minimum atomic E-state index is -3.52. The second-order valence-corrected chi connectivity index (χ2v) is 13.3. The zero-order chi connectivity index (χ0) is 30.8. The number of unbranched alkanes of at least 4 members (excludes halogenated alkanes) is 1. The van der Waals surface area contributed by atoms with Crippen LogP contribution in [-0.4, -0.2) is 48.3 Å². The Morgan fingerprint density at radius 1 is 1.05 bits per heavy atom. The van der Waals surface area contributed by atoms with Crippen molar-refractivity contribution in [1.82, 2.24) is 4.31 Å². The highest BCUT2D eigenvalue weighted by molar-refractivity contribution is 7.97. The van der Waals surface area contributed by atoms with Crippen LogP contribution in [0.15, 0.2) is 58.4 Å². The molecule has 2 aromatic carbocycles. The SMILES string of the molecule is CCCCOc1ccc(C(F)(F)C(C(=O)N=C2CCC(C)C(N)C2)N(C)Sc2ccc(OCC3CCCCC3)cc2)cc1. The van der Waals surface area contributed by atoms with E-state index in [4.69, 9.17) is 15.2 Å². The zero-order valence-corrected chi connectivity index (χ0v) is 26.6. The second kappa shape index (κ2) is 16.0. The van der Waals surface area contributed by atoms with Crippen LogP contribution in [0.1, 0.15) is 83.6 Å². The molecular formula is C34H47F2N3O3S. The molecular weight excluding hydrogens is 568 g/mol. The number of hydrogen-bond acceptors (Lipinski definition) is 6. The minimum absolute atomic E-state index is 0.134. The van der Waals surface area contributed by atoms with E-state index in [0.29, 0.717) is 49.4 Å². The largest absolute Gasteiger partial charge is 0.494 e. The van der Waals surface area contributed by atoms with Crippen molar-refractivity contribution in [1.29, 1.82) is 0 Å². The van der Waals surface area contributed by atoms with Crippen LogP contribution in [0.25, 0.3) is 0 Å². The number of halogens is 2. The maximum Gasteiger partial charge on any atom is 0.298 e. The third kappa shape index (κ3) is 9.50. The third-order valence-electron chi connectivity index (χ3n) is 8.59. The first-order valence-corrected chi connectivity index (χ1v) is 16.5. The molecule has 2 fully saturated rings. The highest BCUT2D eigenvalue weighted by Gasteiger charge is 2.49. The number of amides is 1. The first-order chi connectivity index (χ1) is 20.7. The zero-order valence-electron chi connectivity index (χ0n) is 25.8. The fourth-order valence-electron chi connectivity index (χ4n) is 5.69. The van der Waals surface area contributed by atoms with Crippen LogP contribution in [-0.2, 0) is 10.7 Å². The predicted molar refractivity (Wildman–Crippen MR) is 170 cm³/mol. The summed E-state index contributed by atoms with van der Waals surface area (Å²) in [5, 5.41) is 0. The maximum atomic E-state index is 16.3. The Morgan fingerprint density at radius 2 is 1.70 bits per heavy atom. The third-order valence-corrected chi connectivity index (χ3v) is 9.57. The quantitative estimate of drug-likeness (QED) is 0.182. The van der Waals surface area contributed by atoms with Crippen LogP contribution < -0.4 is 15.2 Å². The van der Waals surface area contributed by atoms with E-state index in [1.165, 1.54) is 67.7 Å². The predicted octanol–water partition coefficient (Wildman–Crippen LogP) is 8.04. The van der Waals surface area contributed by atoms with Crippen molar-refractivity contribution >= 4 is 23.6 Å². The molecule has 0 spiro atoms. The van der Waals surface area contributed by atoms with Gasteiger partial charge in [0.2, 0.25) is 0 Å². The van der Waals surface area contributed by atoms with E-state index in [-0.39, 0.29) is 11.6 Å². The molecule has 2 aliphatic rings. The van der Waals surface area contributed by atoms with Gasteiger partial charge >= 0.3 is 0 Å². The summed E-state index contributed by atoms with van der Waals surface area (Å²) in [6.07, 6.45) is 9.89. The average molecular weight is 616 g/mol. The number of ether oxygens (including phenoxy) is 2. The first-order valence-electron chi connectivity index (χ1n) is 15.8. The molecule has 2 saturated carbocycles. The van der Waals surface area contributed by atoms with E-state index in [9.17, 15) is 4.79 Å². The lowest BCUT2D eigenvalue weighted by Gasteiger charge is -2.32. The number of benzene rings is 2. The van der Waals surface area contributed by atoms with E-state index < -0.39 is 17.9 Å². The lowest BCUT2D eigenvalue weighted by molar-refractivity contribution is -0.135. The number of carbonyl (C=O) groups excluding carboxylic acids is 1. The van der Waals surface area contributed by atoms with Gasteiger partial charge < -0.3 is 15.2 Å². The second-order valence-electron chi connectivity index (χ2n) is 12.1. The molecule has 0 radical (unpaired) electrons. The number of aliphatic imine (C=N–C) groups is 1. The molecule has 236 valence electrons. The van der Waals surface area contributed by atoms with Crippen LogP contribution in [0.3, 0.4) is 0 Å². The number of rotatable bonds is 13. The summed E-state index contributed by atoms with van der Waals surface area (Å²) >= 11 is 1.09. The number of nitrogens with two attached hydrogens (primary N) is 1. The van der Waals surface area contributed by atoms with Gasteiger partial charge in [-0.25, -0.2) is 9.30 Å². The highest BCUT2D eigenvalue weighted by Crippen LogP contribution is 2.40. The Balaban J connectivity index is 1.50. The molecule has 0 bridgehead atoms. The van der Waals surface area contributed by atoms with Gasteiger partial charge in [0.15, 0.2) is 6.04 Å². The number of carbonyl (C=O) groups is 1. The van der Waals surface area contributed by atoms with Crippen molar-refractivity contribution in [2.75, 3.05) is 20.3 Å². The van der Waals surface area contributed by atoms with Crippen molar-refractivity contribution in [2.45, 2.75) is 101 Å². The van der Waals surface area contributed by atoms with Crippen molar-refractivity contribution in [2.24, 2.45) is 22.6 Å². The number of nitrogens with zero attached hydrogens (tertiary/aromatic N) is 2. The van der Waals surface area contributed by atoms with Gasteiger partial charge in [0.05, 0.1) is 13.2 Å². The molecule has 2 aliphatic carbocycles. The van der Waals surface area contributed by atoms with Gasteiger partial charge in [-0.05, 0) is 111 Å². The number of hydrogen-bond donors (Lipinski definition) is 1. The number of alkyl halides is 2. The molecule has 4 rings (SSSR count). The van der Waals surface area contributed by atoms with E-state index in [2.05, 4.69) is 18.8 Å². The van der Waals surface area contributed by atoms with E-state index in [1.54, 1.807) is 0 Å². The Labute approximate surface area is 259 Å². The Hall–Kier alpha value is -2.49. The normalized spacial score (nSPS) is 21.6. The van der Waals surface area contributed by atoms with Gasteiger partial charge in [0.25, 0.3) is 11.8 Å². The fraction of sp³-hybridized carbons (Fsp3) is 0.588. The molecule has 0 aromatic heterocycles. The van der Waals surface area contributed by atoms with Crippen molar-refractivity contribution in [3.8, 4) is 11.5 Å². The smallest absolute Gasteiger partial charge is 0.298 e. The van der Waals surface area contributed by atoms with Crippen LogP contribution in [0.4, 0.5) is 8.78 Å².